The van der Waals surface area contributed by atoms with Crippen molar-refractivity contribution in [2.45, 2.75) is 6.29 Å². The van der Waals surface area contributed by atoms with Gasteiger partial charge >= 0.3 is 6.29 Å². The third kappa shape index (κ3) is 2.24. The molecule has 20 heavy (non-hydrogen) atoms. The van der Waals surface area contributed by atoms with Crippen LogP contribution in [0.3, 0.4) is 0 Å². The van der Waals surface area contributed by atoms with Gasteiger partial charge in [0, 0.05) is 13.1 Å². The zero-order valence-corrected chi connectivity index (χ0v) is 11.9. The van der Waals surface area contributed by atoms with Gasteiger partial charge in [0.25, 0.3) is 0 Å². The standard InChI is InChI=1S/C13H20N5O2/c1-15(2)13(16-7-9-20-10-8-16)17-11-5-3-4-6-12(11)18(19)14-17/h3-6,13H,7-10H2,1-2H3,(H,14,19)/q+1/p+1. The lowest BCUT2D eigenvalue weighted by Crippen LogP contribution is -3.09. The summed E-state index contributed by atoms with van der Waals surface area (Å²) < 4.78 is 8.19. The van der Waals surface area contributed by atoms with Gasteiger partial charge in [-0.3, -0.25) is 4.90 Å². The van der Waals surface area contributed by atoms with Gasteiger partial charge in [-0.25, -0.2) is 4.90 Å². The summed E-state index contributed by atoms with van der Waals surface area (Å²) in [6.07, 6.45) is 0.0546. The highest BCUT2D eigenvalue weighted by molar-refractivity contribution is 5.70. The molecule has 1 atom stereocenters. The van der Waals surface area contributed by atoms with E-state index in [0.717, 1.165) is 36.4 Å². The van der Waals surface area contributed by atoms with Crippen LogP contribution in [0.4, 0.5) is 0 Å². The number of nitrogens with one attached hydrogen (secondary N) is 2. The summed E-state index contributed by atoms with van der Waals surface area (Å²) in [6.45, 7) is 3.21. The molecular formula is C13H21N5O2+2. The van der Waals surface area contributed by atoms with Crippen LogP contribution in [-0.4, -0.2) is 55.2 Å². The lowest BCUT2D eigenvalue weighted by atomic mass is 10.3. The first-order chi connectivity index (χ1) is 9.68. The average molecular weight is 279 g/mol. The fourth-order valence-corrected chi connectivity index (χ4v) is 2.84. The van der Waals surface area contributed by atoms with Crippen molar-refractivity contribution in [3.63, 3.8) is 0 Å². The van der Waals surface area contributed by atoms with Crippen LogP contribution in [0, 0.1) is 4.91 Å². The van der Waals surface area contributed by atoms with E-state index in [-0.39, 0.29) is 6.29 Å². The molecule has 2 heterocycles. The lowest BCUT2D eigenvalue weighted by Gasteiger charge is -2.32. The molecule has 3 rings (SSSR count). The number of ether oxygens (including phenoxy) is 1. The molecule has 108 valence electrons. The van der Waals surface area contributed by atoms with E-state index >= 15 is 0 Å². The number of aromatic nitrogens is 3. The largest absolute Gasteiger partial charge is 0.379 e. The number of para-hydroxylation sites is 2. The SMILES string of the molecule is C[NH+](C)C(N1CCOCC1)n1[nH][n+](=O)c2ccccc21. The summed E-state index contributed by atoms with van der Waals surface area (Å²) >= 11 is 0. The fourth-order valence-electron chi connectivity index (χ4n) is 2.84. The molecule has 1 fully saturated rings. The molecule has 1 aliphatic heterocycles. The number of benzene rings is 1. The van der Waals surface area contributed by atoms with Gasteiger partial charge in [-0.2, -0.15) is 0 Å². The molecule has 1 aromatic carbocycles. The number of hydrogen-bond acceptors (Lipinski definition) is 3. The van der Waals surface area contributed by atoms with Crippen molar-refractivity contribution in [2.75, 3.05) is 40.4 Å². The topological polar surface area (TPSA) is 60.6 Å². The molecule has 0 saturated carbocycles. The van der Waals surface area contributed by atoms with Gasteiger partial charge in [0.15, 0.2) is 0 Å². The van der Waals surface area contributed by atoms with Gasteiger partial charge in [0.1, 0.15) is 0 Å². The predicted octanol–water partition coefficient (Wildman–Crippen LogP) is -1.18. The Labute approximate surface area is 116 Å². The molecule has 0 spiro atoms. The van der Waals surface area contributed by atoms with Crippen LogP contribution in [0.1, 0.15) is 6.29 Å². The molecule has 1 aliphatic rings. The van der Waals surface area contributed by atoms with Gasteiger partial charge in [-0.05, 0) is 17.0 Å². The highest BCUT2D eigenvalue weighted by Crippen LogP contribution is 2.14. The zero-order valence-electron chi connectivity index (χ0n) is 11.9. The predicted molar refractivity (Wildman–Crippen MR) is 73.9 cm³/mol. The molecule has 7 nitrogen and oxygen atoms in total. The summed E-state index contributed by atoms with van der Waals surface area (Å²) in [5.74, 6) is 0. The van der Waals surface area contributed by atoms with Crippen molar-refractivity contribution in [3.8, 4) is 0 Å². The summed E-state index contributed by atoms with van der Waals surface area (Å²) in [5, 5.41) is 2.91. The van der Waals surface area contributed by atoms with Crippen LogP contribution < -0.4 is 9.44 Å². The molecule has 2 aromatic rings. The molecule has 0 amide bonds. The van der Waals surface area contributed by atoms with Gasteiger partial charge in [0.05, 0.1) is 31.9 Å². The van der Waals surface area contributed by atoms with E-state index in [0.29, 0.717) is 5.52 Å². The number of quaternary nitrogens is 1. The highest BCUT2D eigenvalue weighted by atomic mass is 16.5. The van der Waals surface area contributed by atoms with E-state index in [1.807, 2.05) is 28.9 Å². The highest BCUT2D eigenvalue weighted by Gasteiger charge is 2.34. The summed E-state index contributed by atoms with van der Waals surface area (Å²) in [4.78, 5) is 15.6. The third-order valence-electron chi connectivity index (χ3n) is 3.71. The minimum Gasteiger partial charge on any atom is -0.379 e. The number of fused-ring (bicyclic) bond motifs is 1. The number of rotatable bonds is 3. The van der Waals surface area contributed by atoms with E-state index in [1.165, 1.54) is 4.90 Å². The number of nitrogens with zero attached hydrogens (tertiary/aromatic N) is 3. The summed E-state index contributed by atoms with van der Waals surface area (Å²) in [6, 6.07) is 7.63. The summed E-state index contributed by atoms with van der Waals surface area (Å²) in [5.41, 5.74) is 1.58. The molecule has 1 aromatic heterocycles. The average Bonchev–Trinajstić information content (AvgIpc) is 2.78. The van der Waals surface area contributed by atoms with Crippen molar-refractivity contribution in [2.24, 2.45) is 0 Å². The van der Waals surface area contributed by atoms with Crippen LogP contribution in [0.25, 0.3) is 11.0 Å². The van der Waals surface area contributed by atoms with Gasteiger partial charge in [-0.15, -0.1) is 0 Å². The van der Waals surface area contributed by atoms with E-state index in [1.54, 1.807) is 0 Å². The van der Waals surface area contributed by atoms with Crippen LogP contribution in [0.15, 0.2) is 24.3 Å². The number of H-pyrrole nitrogens is 1. The van der Waals surface area contributed by atoms with Crippen molar-refractivity contribution in [1.82, 2.24) is 14.8 Å². The Bertz CT molecular complexity index is 641. The second kappa shape index (κ2) is 5.35. The van der Waals surface area contributed by atoms with E-state index < -0.39 is 0 Å². The second-order valence-electron chi connectivity index (χ2n) is 5.35. The van der Waals surface area contributed by atoms with Crippen molar-refractivity contribution in [1.29, 1.82) is 0 Å². The molecule has 1 saturated heterocycles. The number of aromatic amines is 1. The monoisotopic (exact) mass is 279 g/mol. The fraction of sp³-hybridized carbons (Fsp3) is 0.538. The van der Waals surface area contributed by atoms with E-state index in [9.17, 15) is 4.91 Å². The molecule has 2 N–H and O–H groups in total. The Balaban J connectivity index is 2.07. The number of hydrogen-bond donors (Lipinski definition) is 2. The normalized spacial score (nSPS) is 18.8. The Morgan fingerprint density at radius 1 is 1.30 bits per heavy atom. The molecule has 0 bridgehead atoms. The Morgan fingerprint density at radius 2 is 2.00 bits per heavy atom. The Morgan fingerprint density at radius 3 is 2.70 bits per heavy atom. The number of morpholine rings is 1. The third-order valence-corrected chi connectivity index (χ3v) is 3.71. The van der Waals surface area contributed by atoms with Gasteiger partial charge in [-0.1, -0.05) is 22.0 Å². The minimum atomic E-state index is 0.0546. The molecule has 1 unspecified atom stereocenters. The maximum atomic E-state index is 12.0. The first kappa shape index (κ1) is 13.3. The summed E-state index contributed by atoms with van der Waals surface area (Å²) in [7, 11) is 4.19. The van der Waals surface area contributed by atoms with E-state index in [2.05, 4.69) is 24.2 Å². The quantitative estimate of drug-likeness (QED) is 0.695. The lowest BCUT2D eigenvalue weighted by molar-refractivity contribution is -0.919. The van der Waals surface area contributed by atoms with E-state index in [4.69, 9.17) is 4.74 Å². The van der Waals surface area contributed by atoms with Crippen molar-refractivity contribution < 1.29 is 14.2 Å². The maximum Gasteiger partial charge on any atom is 0.310 e. The molecular weight excluding hydrogens is 258 g/mol. The maximum absolute atomic E-state index is 12.0. The first-order valence-corrected chi connectivity index (χ1v) is 6.92. The first-order valence-electron chi connectivity index (χ1n) is 6.92. The Hall–Kier alpha value is -1.70. The van der Waals surface area contributed by atoms with Gasteiger partial charge < -0.3 is 4.74 Å². The van der Waals surface area contributed by atoms with Crippen molar-refractivity contribution in [3.05, 3.63) is 29.2 Å². The molecule has 7 heteroatoms. The van der Waals surface area contributed by atoms with Gasteiger partial charge in [0.2, 0.25) is 11.0 Å². The second-order valence-corrected chi connectivity index (χ2v) is 5.35. The zero-order chi connectivity index (χ0) is 14.1. The van der Waals surface area contributed by atoms with Crippen LogP contribution in [0.5, 0.6) is 0 Å². The minimum absolute atomic E-state index is 0.0546. The van der Waals surface area contributed by atoms with Crippen LogP contribution in [0.2, 0.25) is 0 Å². The molecule has 0 aliphatic carbocycles. The smallest absolute Gasteiger partial charge is 0.310 e. The Kier molecular flexibility index (Phi) is 3.56. The molecule has 0 radical (unpaired) electrons. The van der Waals surface area contributed by atoms with Crippen LogP contribution >= 0.6 is 0 Å². The van der Waals surface area contributed by atoms with Crippen molar-refractivity contribution >= 4 is 11.0 Å². The van der Waals surface area contributed by atoms with Crippen LogP contribution in [-0.2, 0) is 4.74 Å².